The number of allylic oxidation sites excluding steroid dienone is 2. The summed E-state index contributed by atoms with van der Waals surface area (Å²) < 4.78 is 11.2. The molecule has 1 aliphatic heterocycles. The molecule has 220 valence electrons. The van der Waals surface area contributed by atoms with Gasteiger partial charge in [-0.25, -0.2) is 9.59 Å². The zero-order chi connectivity index (χ0) is 27.9. The van der Waals surface area contributed by atoms with Crippen LogP contribution in [0.4, 0.5) is 0 Å². The molecule has 1 rings (SSSR count). The molecule has 0 aromatic heterocycles. The van der Waals surface area contributed by atoms with Crippen molar-refractivity contribution >= 4 is 11.9 Å². The van der Waals surface area contributed by atoms with Gasteiger partial charge in [0.15, 0.2) is 5.54 Å². The fraction of sp³-hybridized carbons (Fsp3) is 0.818. The topological polar surface area (TPSA) is 55.8 Å². The average molecular weight is 534 g/mol. The van der Waals surface area contributed by atoms with Crippen LogP contribution < -0.4 is 0 Å². The van der Waals surface area contributed by atoms with Crippen LogP contribution >= 0.6 is 0 Å². The highest BCUT2D eigenvalue weighted by Crippen LogP contribution is 2.30. The van der Waals surface area contributed by atoms with Crippen molar-refractivity contribution in [2.75, 3.05) is 20.3 Å². The Balaban J connectivity index is 2.28. The fourth-order valence-electron chi connectivity index (χ4n) is 5.02. The van der Waals surface area contributed by atoms with Gasteiger partial charge in [-0.1, -0.05) is 129 Å². The van der Waals surface area contributed by atoms with Gasteiger partial charge in [0.25, 0.3) is 0 Å². The predicted octanol–water partition coefficient (Wildman–Crippen LogP) is 9.06. The number of likely N-dealkylation sites (N-methyl/N-ethyl adjacent to an activating group) is 1. The van der Waals surface area contributed by atoms with Gasteiger partial charge in [0, 0.05) is 13.2 Å². The summed E-state index contributed by atoms with van der Waals surface area (Å²) in [5.74, 6) is -0.807. The Morgan fingerprint density at radius 3 is 1.50 bits per heavy atom. The van der Waals surface area contributed by atoms with Gasteiger partial charge in [0.2, 0.25) is 0 Å². The lowest BCUT2D eigenvalue weighted by Gasteiger charge is -2.38. The van der Waals surface area contributed by atoms with E-state index in [1.54, 1.807) is 37.2 Å². The maximum atomic E-state index is 13.1. The number of hydrogen-bond donors (Lipinski definition) is 0. The lowest BCUT2D eigenvalue weighted by Crippen LogP contribution is -2.53. The van der Waals surface area contributed by atoms with E-state index < -0.39 is 11.5 Å². The third-order valence-corrected chi connectivity index (χ3v) is 7.88. The molecule has 0 saturated heterocycles. The highest BCUT2D eigenvalue weighted by Gasteiger charge is 2.46. The van der Waals surface area contributed by atoms with Crippen LogP contribution in [0.5, 0.6) is 0 Å². The van der Waals surface area contributed by atoms with Gasteiger partial charge in [-0.15, -0.1) is 0 Å². The standard InChI is InChI=1S/C33H59NO4/c1-5-7-9-11-13-15-17-19-21-23-28-37-31(35)30-26-25-27-34(4)33(30,3)32(36)38-29-24-22-20-18-16-14-12-10-8-6-2/h25-27H,5-24,28-29H2,1-4H3. The number of carbonyl (C=O) groups is 2. The smallest absolute Gasteiger partial charge is 0.337 e. The Morgan fingerprint density at radius 1 is 0.658 bits per heavy atom. The minimum atomic E-state index is -1.16. The maximum Gasteiger partial charge on any atom is 0.337 e. The molecular weight excluding hydrogens is 474 g/mol. The zero-order valence-electron chi connectivity index (χ0n) is 25.4. The lowest BCUT2D eigenvalue weighted by atomic mass is 9.88. The molecule has 0 N–H and O–H groups in total. The third-order valence-electron chi connectivity index (χ3n) is 7.88. The molecule has 1 unspecified atom stereocenters. The second kappa shape index (κ2) is 22.1. The molecule has 5 nitrogen and oxygen atoms in total. The normalized spacial score (nSPS) is 16.9. The van der Waals surface area contributed by atoms with Crippen LogP contribution in [0, 0.1) is 0 Å². The molecule has 0 aliphatic carbocycles. The van der Waals surface area contributed by atoms with Crippen LogP contribution in [0.2, 0.25) is 0 Å². The van der Waals surface area contributed by atoms with E-state index >= 15 is 0 Å². The fourth-order valence-corrected chi connectivity index (χ4v) is 5.02. The number of hydrogen-bond acceptors (Lipinski definition) is 5. The molecule has 0 bridgehead atoms. The summed E-state index contributed by atoms with van der Waals surface area (Å²) in [6.07, 6.45) is 30.0. The van der Waals surface area contributed by atoms with Crippen molar-refractivity contribution in [3.63, 3.8) is 0 Å². The maximum absolute atomic E-state index is 13.1. The Morgan fingerprint density at radius 2 is 1.05 bits per heavy atom. The number of unbranched alkanes of at least 4 members (excludes halogenated alkanes) is 18. The van der Waals surface area contributed by atoms with Crippen molar-refractivity contribution < 1.29 is 19.1 Å². The molecule has 0 amide bonds. The number of nitrogens with zero attached hydrogens (tertiary/aromatic N) is 1. The van der Waals surface area contributed by atoms with Crippen molar-refractivity contribution in [2.24, 2.45) is 0 Å². The van der Waals surface area contributed by atoms with Gasteiger partial charge in [0.1, 0.15) is 0 Å². The Labute approximate surface area is 234 Å². The quantitative estimate of drug-likeness (QED) is 0.0915. The monoisotopic (exact) mass is 533 g/mol. The summed E-state index contributed by atoms with van der Waals surface area (Å²) >= 11 is 0. The Hall–Kier alpha value is -1.78. The van der Waals surface area contributed by atoms with E-state index in [0.717, 1.165) is 25.7 Å². The van der Waals surface area contributed by atoms with Gasteiger partial charge in [-0.05, 0) is 31.9 Å². The van der Waals surface area contributed by atoms with Crippen LogP contribution in [0.1, 0.15) is 149 Å². The number of ether oxygens (including phenoxy) is 2. The summed E-state index contributed by atoms with van der Waals surface area (Å²) in [7, 11) is 1.81. The minimum absolute atomic E-state index is 0.350. The van der Waals surface area contributed by atoms with Crippen LogP contribution in [-0.4, -0.2) is 42.6 Å². The predicted molar refractivity (Wildman–Crippen MR) is 159 cm³/mol. The first-order valence-electron chi connectivity index (χ1n) is 15.9. The van der Waals surface area contributed by atoms with E-state index in [0.29, 0.717) is 18.8 Å². The Bertz CT molecular complexity index is 686. The second-order valence-electron chi connectivity index (χ2n) is 11.2. The summed E-state index contributed by atoms with van der Waals surface area (Å²) in [4.78, 5) is 27.8. The molecule has 1 aliphatic rings. The van der Waals surface area contributed by atoms with Gasteiger partial charge >= 0.3 is 11.9 Å². The minimum Gasteiger partial charge on any atom is -0.464 e. The molecule has 0 saturated carbocycles. The van der Waals surface area contributed by atoms with Crippen LogP contribution in [0.25, 0.3) is 0 Å². The van der Waals surface area contributed by atoms with Crippen molar-refractivity contribution in [3.05, 3.63) is 23.9 Å². The van der Waals surface area contributed by atoms with Gasteiger partial charge < -0.3 is 14.4 Å². The van der Waals surface area contributed by atoms with E-state index in [2.05, 4.69) is 13.8 Å². The number of carbonyl (C=O) groups excluding carboxylic acids is 2. The largest absolute Gasteiger partial charge is 0.464 e. The van der Waals surface area contributed by atoms with Crippen LogP contribution in [-0.2, 0) is 19.1 Å². The van der Waals surface area contributed by atoms with Crippen molar-refractivity contribution in [1.82, 2.24) is 4.90 Å². The molecule has 38 heavy (non-hydrogen) atoms. The molecule has 1 atom stereocenters. The van der Waals surface area contributed by atoms with Crippen LogP contribution in [0.15, 0.2) is 23.9 Å². The van der Waals surface area contributed by atoms with Crippen molar-refractivity contribution in [3.8, 4) is 0 Å². The Kier molecular flexibility index (Phi) is 19.9. The highest BCUT2D eigenvalue weighted by molar-refractivity contribution is 6.01. The van der Waals surface area contributed by atoms with E-state index in [1.807, 2.05) is 0 Å². The summed E-state index contributed by atoms with van der Waals surface area (Å²) in [5, 5.41) is 0. The van der Waals surface area contributed by atoms with Gasteiger partial charge in [-0.3, -0.25) is 0 Å². The summed E-state index contributed by atoms with van der Waals surface area (Å²) in [6, 6.07) is 0. The summed E-state index contributed by atoms with van der Waals surface area (Å²) in [6.45, 7) is 7.04. The first-order valence-corrected chi connectivity index (χ1v) is 15.9. The van der Waals surface area contributed by atoms with Gasteiger partial charge in [-0.2, -0.15) is 0 Å². The molecule has 0 aromatic carbocycles. The molecule has 0 fully saturated rings. The molecule has 5 heteroatoms. The van der Waals surface area contributed by atoms with E-state index in [-0.39, 0.29) is 5.97 Å². The molecule has 0 radical (unpaired) electrons. The second-order valence-corrected chi connectivity index (χ2v) is 11.2. The molecular formula is C33H59NO4. The van der Waals surface area contributed by atoms with E-state index in [1.165, 1.54) is 103 Å². The molecule has 1 heterocycles. The van der Waals surface area contributed by atoms with Crippen molar-refractivity contribution in [2.45, 2.75) is 155 Å². The molecule has 0 spiro atoms. The molecule has 0 aromatic rings. The van der Waals surface area contributed by atoms with Gasteiger partial charge in [0.05, 0.1) is 18.8 Å². The average Bonchev–Trinajstić information content (AvgIpc) is 2.91. The van der Waals surface area contributed by atoms with Crippen molar-refractivity contribution in [1.29, 1.82) is 0 Å². The van der Waals surface area contributed by atoms with Crippen LogP contribution in [0.3, 0.4) is 0 Å². The zero-order valence-corrected chi connectivity index (χ0v) is 25.4. The lowest BCUT2D eigenvalue weighted by molar-refractivity contribution is -0.156. The first-order chi connectivity index (χ1) is 18.5. The summed E-state index contributed by atoms with van der Waals surface area (Å²) in [5.41, 5.74) is -0.815. The number of rotatable bonds is 24. The SMILES string of the molecule is CCCCCCCCCCCCOC(=O)C1=CC=CN(C)C1(C)C(=O)OCCCCCCCCCCCC. The van der Waals surface area contributed by atoms with E-state index in [9.17, 15) is 9.59 Å². The van der Waals surface area contributed by atoms with E-state index in [4.69, 9.17) is 9.47 Å². The number of esters is 2. The third kappa shape index (κ3) is 13.8. The highest BCUT2D eigenvalue weighted by atomic mass is 16.5. The first kappa shape index (κ1) is 34.2.